The first-order valence-electron chi connectivity index (χ1n) is 6.48. The minimum Gasteiger partial charge on any atom is -0.319 e. The molecule has 0 aromatic carbocycles. The lowest BCUT2D eigenvalue weighted by molar-refractivity contribution is 0.354. The Morgan fingerprint density at radius 2 is 1.88 bits per heavy atom. The monoisotopic (exact) mass is 235 g/mol. The molecule has 0 bridgehead atoms. The number of hydrogen-bond acceptors (Lipinski definition) is 3. The van der Waals surface area contributed by atoms with E-state index < -0.39 is 0 Å². The highest BCUT2D eigenvalue weighted by Gasteiger charge is 2.11. The van der Waals surface area contributed by atoms with Crippen LogP contribution in [0.4, 0.5) is 0 Å². The third-order valence-corrected chi connectivity index (χ3v) is 3.16. The summed E-state index contributed by atoms with van der Waals surface area (Å²) in [5, 5.41) is 6.80. The van der Waals surface area contributed by atoms with Crippen molar-refractivity contribution in [2.75, 3.05) is 26.7 Å². The van der Waals surface area contributed by atoms with Gasteiger partial charge in [-0.15, -0.1) is 0 Å². The second-order valence-electron chi connectivity index (χ2n) is 4.87. The fourth-order valence-electron chi connectivity index (χ4n) is 1.88. The van der Waals surface area contributed by atoms with E-state index in [9.17, 15) is 0 Å². The van der Waals surface area contributed by atoms with Gasteiger partial charge in [0.2, 0.25) is 0 Å². The van der Waals surface area contributed by atoms with E-state index in [0.29, 0.717) is 5.92 Å². The van der Waals surface area contributed by atoms with Gasteiger partial charge < -0.3 is 10.6 Å². The Labute approximate surface area is 105 Å². The third-order valence-electron chi connectivity index (χ3n) is 3.16. The van der Waals surface area contributed by atoms with Crippen molar-refractivity contribution in [3.63, 3.8) is 0 Å². The Hall–Kier alpha value is -0.930. The van der Waals surface area contributed by atoms with Crippen molar-refractivity contribution in [2.24, 2.45) is 11.8 Å². The number of nitrogens with one attached hydrogen (secondary N) is 2. The second-order valence-corrected chi connectivity index (χ2v) is 4.87. The summed E-state index contributed by atoms with van der Waals surface area (Å²) < 4.78 is 0. The smallest absolute Gasteiger partial charge is 0.0270 e. The predicted octanol–water partition coefficient (Wildman–Crippen LogP) is 1.71. The summed E-state index contributed by atoms with van der Waals surface area (Å²) in [6.07, 6.45) is 4.79. The van der Waals surface area contributed by atoms with Crippen molar-refractivity contribution in [3.8, 4) is 0 Å². The second kappa shape index (κ2) is 8.20. The number of hydrogen-bond donors (Lipinski definition) is 2. The lowest BCUT2D eigenvalue weighted by Crippen LogP contribution is -2.34. The molecular weight excluding hydrogens is 210 g/mol. The van der Waals surface area contributed by atoms with Crippen molar-refractivity contribution in [3.05, 3.63) is 30.1 Å². The van der Waals surface area contributed by atoms with Crippen LogP contribution in [0.3, 0.4) is 0 Å². The van der Waals surface area contributed by atoms with E-state index in [1.165, 1.54) is 5.56 Å². The first kappa shape index (κ1) is 14.1. The zero-order chi connectivity index (χ0) is 12.5. The summed E-state index contributed by atoms with van der Waals surface area (Å²) >= 11 is 0. The zero-order valence-corrected chi connectivity index (χ0v) is 11.2. The molecule has 0 saturated carbocycles. The minimum absolute atomic E-state index is 0.706. The highest BCUT2D eigenvalue weighted by Crippen LogP contribution is 2.08. The molecule has 1 aromatic heterocycles. The molecule has 0 aliphatic carbocycles. The quantitative estimate of drug-likeness (QED) is 0.674. The molecule has 0 aliphatic heterocycles. The summed E-state index contributed by atoms with van der Waals surface area (Å²) in [5.41, 5.74) is 1.35. The van der Waals surface area contributed by atoms with Gasteiger partial charge in [-0.25, -0.2) is 0 Å². The Morgan fingerprint density at radius 3 is 2.47 bits per heavy atom. The van der Waals surface area contributed by atoms with E-state index in [1.54, 1.807) is 0 Å². The highest BCUT2D eigenvalue weighted by atomic mass is 14.9. The van der Waals surface area contributed by atoms with E-state index in [1.807, 2.05) is 19.4 Å². The number of nitrogens with zero attached hydrogens (tertiary/aromatic N) is 1. The van der Waals surface area contributed by atoms with E-state index in [2.05, 4.69) is 41.6 Å². The van der Waals surface area contributed by atoms with Gasteiger partial charge in [0, 0.05) is 12.4 Å². The van der Waals surface area contributed by atoms with Gasteiger partial charge in [-0.2, -0.15) is 0 Å². The molecular formula is C14H25N3. The molecule has 1 atom stereocenters. The Kier molecular flexibility index (Phi) is 6.82. The molecule has 0 fully saturated rings. The Morgan fingerprint density at radius 1 is 1.18 bits per heavy atom. The van der Waals surface area contributed by atoms with Crippen molar-refractivity contribution >= 4 is 0 Å². The SMILES string of the molecule is CNCC(CNCCc1ccncc1)C(C)C. The summed E-state index contributed by atoms with van der Waals surface area (Å²) in [6.45, 7) is 7.78. The molecule has 96 valence electrons. The summed E-state index contributed by atoms with van der Waals surface area (Å²) in [4.78, 5) is 4.02. The lowest BCUT2D eigenvalue weighted by Gasteiger charge is -2.21. The lowest BCUT2D eigenvalue weighted by atomic mass is 9.96. The fourth-order valence-corrected chi connectivity index (χ4v) is 1.88. The van der Waals surface area contributed by atoms with Crippen LogP contribution in [-0.2, 0) is 6.42 Å². The van der Waals surface area contributed by atoms with E-state index in [4.69, 9.17) is 0 Å². The van der Waals surface area contributed by atoms with Crippen molar-refractivity contribution in [2.45, 2.75) is 20.3 Å². The van der Waals surface area contributed by atoms with Crippen LogP contribution in [0.5, 0.6) is 0 Å². The van der Waals surface area contributed by atoms with E-state index in [0.717, 1.165) is 32.0 Å². The molecule has 0 saturated heterocycles. The van der Waals surface area contributed by atoms with Crippen LogP contribution >= 0.6 is 0 Å². The summed E-state index contributed by atoms with van der Waals surface area (Å²) in [6, 6.07) is 4.16. The molecule has 1 aromatic rings. The molecule has 1 unspecified atom stereocenters. The predicted molar refractivity (Wildman–Crippen MR) is 73.1 cm³/mol. The van der Waals surface area contributed by atoms with Gasteiger partial charge in [0.25, 0.3) is 0 Å². The molecule has 3 heteroatoms. The third kappa shape index (κ3) is 5.80. The average molecular weight is 235 g/mol. The van der Waals surface area contributed by atoms with Crippen molar-refractivity contribution in [1.82, 2.24) is 15.6 Å². The molecule has 0 amide bonds. The van der Waals surface area contributed by atoms with Gasteiger partial charge in [0.15, 0.2) is 0 Å². The molecule has 1 heterocycles. The maximum absolute atomic E-state index is 4.02. The Bertz CT molecular complexity index is 285. The molecule has 0 spiro atoms. The summed E-state index contributed by atoms with van der Waals surface area (Å²) in [7, 11) is 2.02. The maximum Gasteiger partial charge on any atom is 0.0270 e. The molecule has 3 nitrogen and oxygen atoms in total. The van der Waals surface area contributed by atoms with Crippen LogP contribution < -0.4 is 10.6 Å². The summed E-state index contributed by atoms with van der Waals surface area (Å²) in [5.74, 6) is 1.42. The van der Waals surface area contributed by atoms with Crippen LogP contribution in [0.2, 0.25) is 0 Å². The van der Waals surface area contributed by atoms with Crippen LogP contribution in [-0.4, -0.2) is 31.7 Å². The van der Waals surface area contributed by atoms with Gasteiger partial charge in [-0.1, -0.05) is 13.8 Å². The number of rotatable bonds is 8. The van der Waals surface area contributed by atoms with E-state index >= 15 is 0 Å². The molecule has 2 N–H and O–H groups in total. The Balaban J connectivity index is 2.18. The zero-order valence-electron chi connectivity index (χ0n) is 11.2. The van der Waals surface area contributed by atoms with Gasteiger partial charge >= 0.3 is 0 Å². The number of aromatic nitrogens is 1. The van der Waals surface area contributed by atoms with Crippen LogP contribution in [0.15, 0.2) is 24.5 Å². The van der Waals surface area contributed by atoms with Crippen LogP contribution in [0.25, 0.3) is 0 Å². The largest absolute Gasteiger partial charge is 0.319 e. The standard InChI is InChI=1S/C14H25N3/c1-12(2)14(10-15-3)11-17-9-6-13-4-7-16-8-5-13/h4-5,7-8,12,14-15,17H,6,9-11H2,1-3H3. The fraction of sp³-hybridized carbons (Fsp3) is 0.643. The molecule has 17 heavy (non-hydrogen) atoms. The van der Waals surface area contributed by atoms with Gasteiger partial charge in [0.1, 0.15) is 0 Å². The molecule has 1 rings (SSSR count). The van der Waals surface area contributed by atoms with Gasteiger partial charge in [-0.05, 0) is 62.6 Å². The topological polar surface area (TPSA) is 37.0 Å². The minimum atomic E-state index is 0.706. The van der Waals surface area contributed by atoms with Gasteiger partial charge in [0.05, 0.1) is 0 Å². The number of pyridine rings is 1. The molecule has 0 radical (unpaired) electrons. The van der Waals surface area contributed by atoms with Crippen LogP contribution in [0, 0.1) is 11.8 Å². The molecule has 0 aliphatic rings. The van der Waals surface area contributed by atoms with Crippen molar-refractivity contribution < 1.29 is 0 Å². The first-order chi connectivity index (χ1) is 8.24. The maximum atomic E-state index is 4.02. The van der Waals surface area contributed by atoms with Crippen LogP contribution in [0.1, 0.15) is 19.4 Å². The highest BCUT2D eigenvalue weighted by molar-refractivity contribution is 5.09. The van der Waals surface area contributed by atoms with E-state index in [-0.39, 0.29) is 0 Å². The first-order valence-corrected chi connectivity index (χ1v) is 6.48. The normalized spacial score (nSPS) is 12.9. The van der Waals surface area contributed by atoms with Crippen molar-refractivity contribution in [1.29, 1.82) is 0 Å². The average Bonchev–Trinajstić information content (AvgIpc) is 2.34. The van der Waals surface area contributed by atoms with Gasteiger partial charge in [-0.3, -0.25) is 4.98 Å².